The van der Waals surface area contributed by atoms with Crippen molar-refractivity contribution in [2.75, 3.05) is 26.7 Å². The molecule has 0 radical (unpaired) electrons. The summed E-state index contributed by atoms with van der Waals surface area (Å²) >= 11 is 5.93. The van der Waals surface area contributed by atoms with Crippen molar-refractivity contribution in [2.45, 2.75) is 32.7 Å². The molecule has 1 unspecified atom stereocenters. The second kappa shape index (κ2) is 14.4. The Morgan fingerprint density at radius 2 is 1.71 bits per heavy atom. The first kappa shape index (κ1) is 32.7. The van der Waals surface area contributed by atoms with Crippen molar-refractivity contribution in [3.8, 4) is 0 Å². The van der Waals surface area contributed by atoms with Crippen molar-refractivity contribution in [1.82, 2.24) is 14.7 Å². The molecule has 2 aromatic carbocycles. The highest BCUT2D eigenvalue weighted by Crippen LogP contribution is 2.20. The molecule has 1 atom stereocenters. The van der Waals surface area contributed by atoms with E-state index in [9.17, 15) is 26.4 Å². The van der Waals surface area contributed by atoms with Crippen LogP contribution >= 0.6 is 11.6 Å². The lowest BCUT2D eigenvalue weighted by Crippen LogP contribution is -2.48. The number of carbonyl (C=O) groups excluding carboxylic acids is 2. The van der Waals surface area contributed by atoms with E-state index in [1.54, 1.807) is 12.1 Å². The zero-order chi connectivity index (χ0) is 30.2. The molecule has 2 aromatic rings. The number of nitrogens with zero attached hydrogens (tertiary/aromatic N) is 2. The normalized spacial score (nSPS) is 16.9. The van der Waals surface area contributed by atoms with E-state index in [4.69, 9.17) is 20.9 Å². The average Bonchev–Trinajstić information content (AvgIpc) is 2.86. The Hall–Kier alpha value is -2.85. The van der Waals surface area contributed by atoms with E-state index in [-0.39, 0.29) is 11.5 Å². The number of rotatable bonds is 12. The van der Waals surface area contributed by atoms with Crippen LogP contribution in [0.1, 0.15) is 36.5 Å². The second-order valence-electron chi connectivity index (χ2n) is 9.87. The first-order chi connectivity index (χ1) is 19.2. The molecule has 1 saturated heterocycles. The highest BCUT2D eigenvalue weighted by molar-refractivity contribution is 7.85. The minimum Gasteiger partial charge on any atom is -0.330 e. The molecule has 0 bridgehead atoms. The van der Waals surface area contributed by atoms with Crippen molar-refractivity contribution in [3.63, 3.8) is 0 Å². The Morgan fingerprint density at radius 1 is 1.07 bits per heavy atom. The zero-order valence-corrected chi connectivity index (χ0v) is 25.0. The highest BCUT2D eigenvalue weighted by atomic mass is 35.5. The fraction of sp³-hybridized carbons (Fsp3) is 0.385. The molecular formula is C26H33ClN4O8S2. The summed E-state index contributed by atoms with van der Waals surface area (Å²) in [5.74, 6) is -2.68. The largest absolute Gasteiger partial charge is 0.398 e. The molecule has 0 spiro atoms. The summed E-state index contributed by atoms with van der Waals surface area (Å²) in [5, 5.41) is 6.83. The Morgan fingerprint density at radius 3 is 2.32 bits per heavy atom. The van der Waals surface area contributed by atoms with Gasteiger partial charge in [-0.2, -0.15) is 22.0 Å². The van der Waals surface area contributed by atoms with Crippen LogP contribution in [-0.4, -0.2) is 65.4 Å². The van der Waals surface area contributed by atoms with E-state index in [0.29, 0.717) is 30.7 Å². The minimum absolute atomic E-state index is 0.0933. The summed E-state index contributed by atoms with van der Waals surface area (Å²) in [5.41, 5.74) is 1.55. The molecule has 3 N–H and O–H groups in total. The summed E-state index contributed by atoms with van der Waals surface area (Å²) in [6.45, 7) is 4.12. The lowest BCUT2D eigenvalue weighted by atomic mass is 10.0. The third kappa shape index (κ3) is 11.5. The summed E-state index contributed by atoms with van der Waals surface area (Å²) in [4.78, 5) is 29.4. The van der Waals surface area contributed by atoms with Crippen LogP contribution in [0.25, 0.3) is 5.57 Å². The Balaban J connectivity index is 1.73. The first-order valence-corrected chi connectivity index (χ1v) is 16.0. The summed E-state index contributed by atoms with van der Waals surface area (Å²) in [7, 11) is -7.35. The summed E-state index contributed by atoms with van der Waals surface area (Å²) in [6.07, 6.45) is 3.00. The predicted molar refractivity (Wildman–Crippen MR) is 153 cm³/mol. The predicted octanol–water partition coefficient (Wildman–Crippen LogP) is 2.17. The van der Waals surface area contributed by atoms with E-state index < -0.39 is 38.1 Å². The molecule has 0 amide bonds. The van der Waals surface area contributed by atoms with Gasteiger partial charge in [0.2, 0.25) is 0 Å². The van der Waals surface area contributed by atoms with Gasteiger partial charge in [-0.05, 0) is 61.1 Å². The van der Waals surface area contributed by atoms with Crippen LogP contribution < -0.4 is 9.97 Å². The van der Waals surface area contributed by atoms with Gasteiger partial charge in [-0.3, -0.25) is 0 Å². The second-order valence-corrected chi connectivity index (χ2v) is 12.7. The van der Waals surface area contributed by atoms with Crippen molar-refractivity contribution in [1.29, 1.82) is 0 Å². The first-order valence-electron chi connectivity index (χ1n) is 12.7. The van der Waals surface area contributed by atoms with Gasteiger partial charge in [0, 0.05) is 37.3 Å². The van der Waals surface area contributed by atoms with Gasteiger partial charge in [-0.25, -0.2) is 14.6 Å². The fourth-order valence-electron chi connectivity index (χ4n) is 4.26. The number of benzene rings is 2. The number of piperidine rings is 1. The third-order valence-corrected chi connectivity index (χ3v) is 7.68. The average molecular weight is 629 g/mol. The van der Waals surface area contributed by atoms with Crippen LogP contribution in [0.4, 0.5) is 0 Å². The number of hydrazine groups is 1. The van der Waals surface area contributed by atoms with Gasteiger partial charge in [-0.15, -0.1) is 4.83 Å². The molecule has 3 rings (SSSR count). The number of carbonyl (C=O) groups is 2. The van der Waals surface area contributed by atoms with E-state index in [1.807, 2.05) is 38.2 Å². The molecule has 1 fully saturated rings. The lowest BCUT2D eigenvalue weighted by Gasteiger charge is -2.30. The molecule has 0 saturated carbocycles. The number of likely N-dealkylation sites (N-methyl/N-ethyl adjacent to an activating group) is 1. The van der Waals surface area contributed by atoms with Crippen LogP contribution in [-0.2, 0) is 51.5 Å². The number of nitrogens with one attached hydrogen (secondary N) is 1. The SMILES string of the molecule is CC1CCCN(NS(=O)(=O)OC(=O)/C(=C\C(=O)OS(N)(=O)=O)c2ccc(CN(C)CCc3ccc(Cl)cc3)cc2)C1. The summed E-state index contributed by atoms with van der Waals surface area (Å²) in [6, 6.07) is 13.9. The molecule has 1 heterocycles. The lowest BCUT2D eigenvalue weighted by molar-refractivity contribution is -0.130. The molecule has 0 aliphatic carbocycles. The number of nitrogens with two attached hydrogens (primary N) is 1. The van der Waals surface area contributed by atoms with Crippen LogP contribution in [0.15, 0.2) is 54.6 Å². The van der Waals surface area contributed by atoms with E-state index in [0.717, 1.165) is 36.9 Å². The standard InChI is InChI=1S/C26H33ClN4O8S2/c1-19-4-3-14-31(17-19)29-41(36,37)39-26(33)24(16-25(32)38-40(28,34)35)22-9-5-21(6-10-22)18-30(2)15-13-20-7-11-23(27)12-8-20/h5-12,16,19,29H,3-4,13-15,17-18H2,1-2H3,(H2,28,34,35)/b24-16-. The molecule has 0 aromatic heterocycles. The van der Waals surface area contributed by atoms with Crippen LogP contribution in [0.3, 0.4) is 0 Å². The van der Waals surface area contributed by atoms with Crippen LogP contribution in [0.5, 0.6) is 0 Å². The van der Waals surface area contributed by atoms with Crippen LogP contribution in [0, 0.1) is 5.92 Å². The quantitative estimate of drug-likeness (QED) is 0.333. The number of hydrogen-bond acceptors (Lipinski definition) is 10. The maximum atomic E-state index is 12.9. The molecular weight excluding hydrogens is 596 g/mol. The van der Waals surface area contributed by atoms with Gasteiger partial charge in [0.1, 0.15) is 0 Å². The van der Waals surface area contributed by atoms with Crippen molar-refractivity contribution < 1.29 is 34.8 Å². The Kier molecular flexibility index (Phi) is 11.4. The third-order valence-electron chi connectivity index (χ3n) is 6.18. The van der Waals surface area contributed by atoms with Gasteiger partial charge >= 0.3 is 32.5 Å². The zero-order valence-electron chi connectivity index (χ0n) is 22.7. The molecule has 1 aliphatic heterocycles. The monoisotopic (exact) mass is 628 g/mol. The van der Waals surface area contributed by atoms with Gasteiger partial charge in [0.25, 0.3) is 0 Å². The van der Waals surface area contributed by atoms with Crippen molar-refractivity contribution in [3.05, 3.63) is 76.3 Å². The molecule has 15 heteroatoms. The smallest absolute Gasteiger partial charge is 0.330 e. The Labute approximate surface area is 245 Å². The minimum atomic E-state index is -4.68. The Bertz CT molecular complexity index is 1460. The van der Waals surface area contributed by atoms with Gasteiger partial charge < -0.3 is 13.3 Å². The fourth-order valence-corrected chi connectivity index (χ4v) is 5.47. The van der Waals surface area contributed by atoms with E-state index in [2.05, 4.69) is 13.9 Å². The van der Waals surface area contributed by atoms with Crippen molar-refractivity contribution in [2.24, 2.45) is 11.1 Å². The van der Waals surface area contributed by atoms with Crippen LogP contribution in [0.2, 0.25) is 5.02 Å². The van der Waals surface area contributed by atoms with Gasteiger partial charge in [-0.1, -0.05) is 54.9 Å². The molecule has 12 nitrogen and oxygen atoms in total. The van der Waals surface area contributed by atoms with E-state index >= 15 is 0 Å². The maximum Gasteiger partial charge on any atom is 0.398 e. The molecule has 224 valence electrons. The van der Waals surface area contributed by atoms with Gasteiger partial charge in [0.15, 0.2) is 0 Å². The van der Waals surface area contributed by atoms with Crippen molar-refractivity contribution >= 4 is 49.7 Å². The molecule has 1 aliphatic rings. The molecule has 41 heavy (non-hydrogen) atoms. The topological polar surface area (TPSA) is 165 Å². The maximum absolute atomic E-state index is 12.9. The number of hydrogen-bond donors (Lipinski definition) is 2. The number of halogens is 1. The van der Waals surface area contributed by atoms with E-state index in [1.165, 1.54) is 17.1 Å². The van der Waals surface area contributed by atoms with Gasteiger partial charge in [0.05, 0.1) is 5.57 Å². The highest BCUT2D eigenvalue weighted by Gasteiger charge is 2.27. The summed E-state index contributed by atoms with van der Waals surface area (Å²) < 4.78 is 56.3.